The zero-order valence-electron chi connectivity index (χ0n) is 12.1. The van der Waals surface area contributed by atoms with Crippen LogP contribution in [0.25, 0.3) is 0 Å². The van der Waals surface area contributed by atoms with Gasteiger partial charge in [-0.25, -0.2) is 0 Å². The molecular formula is C15H30N2O. The summed E-state index contributed by atoms with van der Waals surface area (Å²) in [6.07, 6.45) is 8.09. The van der Waals surface area contributed by atoms with Crippen LogP contribution in [0.2, 0.25) is 0 Å². The average molecular weight is 254 g/mol. The molecule has 1 saturated carbocycles. The van der Waals surface area contributed by atoms with Crippen LogP contribution in [0.4, 0.5) is 0 Å². The first kappa shape index (κ1) is 14.3. The van der Waals surface area contributed by atoms with Crippen molar-refractivity contribution in [1.82, 2.24) is 4.90 Å². The topological polar surface area (TPSA) is 38.5 Å². The van der Waals surface area contributed by atoms with Crippen molar-refractivity contribution in [3.8, 4) is 0 Å². The largest absolute Gasteiger partial charge is 0.377 e. The Bertz CT molecular complexity index is 245. The van der Waals surface area contributed by atoms with Gasteiger partial charge in [0.1, 0.15) is 0 Å². The number of nitrogens with zero attached hydrogens (tertiary/aromatic N) is 1. The lowest BCUT2D eigenvalue weighted by Gasteiger charge is -2.44. The molecule has 1 aliphatic carbocycles. The molecule has 0 bridgehead atoms. The van der Waals surface area contributed by atoms with Crippen LogP contribution in [-0.4, -0.2) is 42.8 Å². The van der Waals surface area contributed by atoms with Gasteiger partial charge in [0.2, 0.25) is 0 Å². The molecule has 2 fully saturated rings. The highest BCUT2D eigenvalue weighted by molar-refractivity contribution is 4.91. The quantitative estimate of drug-likeness (QED) is 0.837. The lowest BCUT2D eigenvalue weighted by atomic mass is 9.80. The van der Waals surface area contributed by atoms with Gasteiger partial charge in [-0.1, -0.05) is 13.3 Å². The molecule has 106 valence electrons. The maximum atomic E-state index is 6.36. The fourth-order valence-electron chi connectivity index (χ4n) is 3.68. The normalized spacial score (nSPS) is 38.8. The van der Waals surface area contributed by atoms with Crippen LogP contribution >= 0.6 is 0 Å². The molecule has 0 spiro atoms. The molecule has 0 amide bonds. The minimum atomic E-state index is 0.383. The van der Waals surface area contributed by atoms with Gasteiger partial charge >= 0.3 is 0 Å². The second-order valence-electron chi connectivity index (χ2n) is 6.03. The Morgan fingerprint density at radius 3 is 2.78 bits per heavy atom. The second kappa shape index (κ2) is 6.88. The molecule has 1 saturated heterocycles. The molecule has 4 atom stereocenters. The summed E-state index contributed by atoms with van der Waals surface area (Å²) < 4.78 is 5.81. The van der Waals surface area contributed by atoms with Gasteiger partial charge < -0.3 is 10.5 Å². The van der Waals surface area contributed by atoms with Crippen molar-refractivity contribution in [2.75, 3.05) is 19.7 Å². The number of rotatable bonds is 4. The van der Waals surface area contributed by atoms with E-state index in [9.17, 15) is 0 Å². The van der Waals surface area contributed by atoms with E-state index in [1.807, 2.05) is 0 Å². The highest BCUT2D eigenvalue weighted by Gasteiger charge is 2.34. The molecule has 0 radical (unpaired) electrons. The van der Waals surface area contributed by atoms with Crippen molar-refractivity contribution in [2.24, 2.45) is 11.7 Å². The van der Waals surface area contributed by atoms with E-state index in [-0.39, 0.29) is 0 Å². The fourth-order valence-corrected chi connectivity index (χ4v) is 3.68. The summed E-state index contributed by atoms with van der Waals surface area (Å²) in [5.41, 5.74) is 6.36. The average Bonchev–Trinajstić information content (AvgIpc) is 2.40. The molecule has 3 nitrogen and oxygen atoms in total. The monoisotopic (exact) mass is 254 g/mol. The minimum absolute atomic E-state index is 0.383. The molecule has 0 aromatic rings. The van der Waals surface area contributed by atoms with Crippen molar-refractivity contribution in [3.05, 3.63) is 0 Å². The number of likely N-dealkylation sites (tertiary alicyclic amines) is 1. The zero-order valence-corrected chi connectivity index (χ0v) is 12.1. The zero-order chi connectivity index (χ0) is 13.0. The summed E-state index contributed by atoms with van der Waals surface area (Å²) >= 11 is 0. The lowest BCUT2D eigenvalue weighted by Crippen LogP contribution is -2.55. The molecule has 3 heteroatoms. The van der Waals surface area contributed by atoms with Gasteiger partial charge in [-0.05, 0) is 51.5 Å². The standard InChI is InChI=1S/C15H30N2O/c1-3-12-7-8-14(16)15(10-12)17-9-5-6-13(11-17)18-4-2/h12-15H,3-11,16H2,1-2H3. The van der Waals surface area contributed by atoms with Crippen molar-refractivity contribution < 1.29 is 4.74 Å². The third-order valence-corrected chi connectivity index (χ3v) is 4.84. The van der Waals surface area contributed by atoms with Crippen molar-refractivity contribution in [2.45, 2.75) is 70.6 Å². The van der Waals surface area contributed by atoms with Gasteiger partial charge in [0.05, 0.1) is 6.10 Å². The highest BCUT2D eigenvalue weighted by atomic mass is 16.5. The van der Waals surface area contributed by atoms with Crippen molar-refractivity contribution in [1.29, 1.82) is 0 Å². The van der Waals surface area contributed by atoms with Gasteiger partial charge in [-0.15, -0.1) is 0 Å². The molecular weight excluding hydrogens is 224 g/mol. The van der Waals surface area contributed by atoms with E-state index in [1.54, 1.807) is 0 Å². The van der Waals surface area contributed by atoms with E-state index in [2.05, 4.69) is 18.7 Å². The van der Waals surface area contributed by atoms with Crippen LogP contribution in [0.1, 0.15) is 52.4 Å². The van der Waals surface area contributed by atoms with Gasteiger partial charge in [0.15, 0.2) is 0 Å². The molecule has 2 rings (SSSR count). The number of hydrogen-bond acceptors (Lipinski definition) is 3. The van der Waals surface area contributed by atoms with E-state index in [4.69, 9.17) is 10.5 Å². The first-order valence-electron chi connectivity index (χ1n) is 7.85. The third-order valence-electron chi connectivity index (χ3n) is 4.84. The Labute approximate surface area is 112 Å². The van der Waals surface area contributed by atoms with Crippen LogP contribution in [0.3, 0.4) is 0 Å². The van der Waals surface area contributed by atoms with Crippen LogP contribution in [0.15, 0.2) is 0 Å². The maximum Gasteiger partial charge on any atom is 0.0702 e. The van der Waals surface area contributed by atoms with E-state index < -0.39 is 0 Å². The molecule has 1 heterocycles. The molecule has 18 heavy (non-hydrogen) atoms. The molecule has 2 N–H and O–H groups in total. The molecule has 0 aromatic heterocycles. The number of piperidine rings is 1. The van der Waals surface area contributed by atoms with E-state index in [1.165, 1.54) is 45.1 Å². The Kier molecular flexibility index (Phi) is 5.46. The summed E-state index contributed by atoms with van der Waals surface area (Å²) in [6.45, 7) is 7.57. The van der Waals surface area contributed by atoms with Gasteiger partial charge in [0, 0.05) is 25.2 Å². The van der Waals surface area contributed by atoms with E-state index in [0.717, 1.165) is 19.1 Å². The first-order chi connectivity index (χ1) is 8.74. The fraction of sp³-hybridized carbons (Fsp3) is 1.00. The molecule has 0 aromatic carbocycles. The van der Waals surface area contributed by atoms with Crippen LogP contribution in [0, 0.1) is 5.92 Å². The predicted octanol–water partition coefficient (Wildman–Crippen LogP) is 2.39. The van der Waals surface area contributed by atoms with Crippen molar-refractivity contribution >= 4 is 0 Å². The van der Waals surface area contributed by atoms with E-state index in [0.29, 0.717) is 18.2 Å². The van der Waals surface area contributed by atoms with Crippen LogP contribution < -0.4 is 5.73 Å². The van der Waals surface area contributed by atoms with Crippen molar-refractivity contribution in [3.63, 3.8) is 0 Å². The number of ether oxygens (including phenoxy) is 1. The van der Waals surface area contributed by atoms with E-state index >= 15 is 0 Å². The Hall–Kier alpha value is -0.120. The lowest BCUT2D eigenvalue weighted by molar-refractivity contribution is -0.0197. The van der Waals surface area contributed by atoms with Crippen LogP contribution in [0.5, 0.6) is 0 Å². The highest BCUT2D eigenvalue weighted by Crippen LogP contribution is 2.31. The molecule has 2 aliphatic rings. The summed E-state index contributed by atoms with van der Waals surface area (Å²) in [5.74, 6) is 0.891. The Morgan fingerprint density at radius 1 is 1.22 bits per heavy atom. The minimum Gasteiger partial charge on any atom is -0.377 e. The predicted molar refractivity (Wildman–Crippen MR) is 75.6 cm³/mol. The second-order valence-corrected chi connectivity index (χ2v) is 6.03. The third kappa shape index (κ3) is 3.46. The number of nitrogens with two attached hydrogens (primary N) is 1. The Balaban J connectivity index is 1.91. The van der Waals surface area contributed by atoms with Gasteiger partial charge in [-0.2, -0.15) is 0 Å². The maximum absolute atomic E-state index is 6.36. The van der Waals surface area contributed by atoms with Gasteiger partial charge in [-0.3, -0.25) is 4.90 Å². The summed E-state index contributed by atoms with van der Waals surface area (Å²) in [6, 6.07) is 0.986. The Morgan fingerprint density at radius 2 is 2.06 bits per heavy atom. The molecule has 4 unspecified atom stereocenters. The first-order valence-corrected chi connectivity index (χ1v) is 7.85. The van der Waals surface area contributed by atoms with Gasteiger partial charge in [0.25, 0.3) is 0 Å². The number of hydrogen-bond donors (Lipinski definition) is 1. The summed E-state index contributed by atoms with van der Waals surface area (Å²) in [7, 11) is 0. The van der Waals surface area contributed by atoms with Crippen LogP contribution in [-0.2, 0) is 4.74 Å². The smallest absolute Gasteiger partial charge is 0.0702 e. The SMILES string of the molecule is CCOC1CCCN(C2CC(CC)CCC2N)C1. The molecule has 1 aliphatic heterocycles. The summed E-state index contributed by atoms with van der Waals surface area (Å²) in [5, 5.41) is 0. The summed E-state index contributed by atoms with van der Waals surface area (Å²) in [4.78, 5) is 2.62.